The summed E-state index contributed by atoms with van der Waals surface area (Å²) in [7, 11) is 3.29. The third kappa shape index (κ3) is 2.21. The summed E-state index contributed by atoms with van der Waals surface area (Å²) in [6.07, 6.45) is 0. The van der Waals surface area contributed by atoms with Crippen LogP contribution in [0.4, 0.5) is 5.13 Å². The first-order valence-corrected chi connectivity index (χ1v) is 7.22. The van der Waals surface area contributed by atoms with E-state index in [1.54, 1.807) is 25.6 Å². The molecule has 3 rings (SSSR count). The molecule has 1 unspecified atom stereocenters. The summed E-state index contributed by atoms with van der Waals surface area (Å²) in [4.78, 5) is 5.63. The molecule has 0 fully saturated rings. The molecule has 0 saturated carbocycles. The van der Waals surface area contributed by atoms with Crippen molar-refractivity contribution in [2.75, 3.05) is 26.5 Å². The first-order valence-electron chi connectivity index (χ1n) is 6.40. The van der Waals surface area contributed by atoms with Crippen molar-refractivity contribution in [1.82, 2.24) is 10.3 Å². The fraction of sp³-hybridized carbons (Fsp3) is 0.357. The number of ether oxygens (including phenoxy) is 2. The van der Waals surface area contributed by atoms with Crippen molar-refractivity contribution in [1.29, 1.82) is 0 Å². The molecule has 0 saturated heterocycles. The Hall–Kier alpha value is -1.79. The van der Waals surface area contributed by atoms with Crippen LogP contribution in [0, 0.1) is 0 Å². The van der Waals surface area contributed by atoms with Crippen LogP contribution in [0.1, 0.15) is 22.1 Å². The first-order chi connectivity index (χ1) is 9.72. The minimum atomic E-state index is 0.258. The summed E-state index contributed by atoms with van der Waals surface area (Å²) in [5.74, 6) is 1.74. The number of nitrogens with one attached hydrogen (secondary N) is 1. The van der Waals surface area contributed by atoms with Gasteiger partial charge in [-0.2, -0.15) is 0 Å². The van der Waals surface area contributed by atoms with Gasteiger partial charge in [0, 0.05) is 23.9 Å². The predicted molar refractivity (Wildman–Crippen MR) is 79.6 cm³/mol. The minimum absolute atomic E-state index is 0.258. The molecule has 0 bridgehead atoms. The van der Waals surface area contributed by atoms with Gasteiger partial charge < -0.3 is 20.5 Å². The van der Waals surface area contributed by atoms with Gasteiger partial charge in [-0.3, -0.25) is 0 Å². The predicted octanol–water partition coefficient (Wildman–Crippen LogP) is 1.98. The molecule has 0 amide bonds. The largest absolute Gasteiger partial charge is 0.493 e. The van der Waals surface area contributed by atoms with E-state index in [0.29, 0.717) is 5.13 Å². The van der Waals surface area contributed by atoms with Crippen molar-refractivity contribution in [2.45, 2.75) is 12.5 Å². The Morgan fingerprint density at radius 1 is 1.30 bits per heavy atom. The second kappa shape index (κ2) is 5.30. The lowest BCUT2D eigenvalue weighted by Gasteiger charge is -2.23. The molecular weight excluding hydrogens is 274 g/mol. The zero-order valence-electron chi connectivity index (χ0n) is 11.5. The molecule has 0 radical (unpaired) electrons. The zero-order chi connectivity index (χ0) is 14.1. The van der Waals surface area contributed by atoms with E-state index in [2.05, 4.69) is 16.4 Å². The van der Waals surface area contributed by atoms with Crippen LogP contribution in [0.15, 0.2) is 18.2 Å². The molecule has 0 aliphatic carbocycles. The van der Waals surface area contributed by atoms with Crippen molar-refractivity contribution >= 4 is 16.5 Å². The van der Waals surface area contributed by atoms with Gasteiger partial charge in [0.1, 0.15) is 0 Å². The lowest BCUT2D eigenvalue weighted by atomic mass is 9.93. The highest BCUT2D eigenvalue weighted by atomic mass is 32.1. The summed E-state index contributed by atoms with van der Waals surface area (Å²) < 4.78 is 10.7. The topological polar surface area (TPSA) is 69.4 Å². The summed E-state index contributed by atoms with van der Waals surface area (Å²) in [6, 6.07) is 6.03. The number of hydrogen-bond acceptors (Lipinski definition) is 6. The van der Waals surface area contributed by atoms with Crippen LogP contribution >= 0.6 is 11.3 Å². The van der Waals surface area contributed by atoms with Gasteiger partial charge in [0.2, 0.25) is 0 Å². The number of nitrogens with two attached hydrogens (primary N) is 1. The van der Waals surface area contributed by atoms with Gasteiger partial charge in [0.05, 0.1) is 19.9 Å². The maximum absolute atomic E-state index is 5.84. The Morgan fingerprint density at radius 3 is 2.85 bits per heavy atom. The highest BCUT2D eigenvalue weighted by molar-refractivity contribution is 7.15. The number of aromatic nitrogens is 1. The van der Waals surface area contributed by atoms with Crippen LogP contribution in [0.3, 0.4) is 0 Å². The van der Waals surface area contributed by atoms with Gasteiger partial charge in [-0.1, -0.05) is 6.07 Å². The Bertz CT molecular complexity index is 627. The fourth-order valence-corrected chi connectivity index (χ4v) is 3.53. The fourth-order valence-electron chi connectivity index (χ4n) is 2.55. The van der Waals surface area contributed by atoms with E-state index in [0.717, 1.165) is 30.3 Å². The number of anilines is 1. The highest BCUT2D eigenvalue weighted by Crippen LogP contribution is 2.38. The van der Waals surface area contributed by atoms with Gasteiger partial charge in [0.25, 0.3) is 0 Å². The SMILES string of the molecule is COc1ccc(C2CNCc3nc(N)sc32)cc1OC. The summed E-state index contributed by atoms with van der Waals surface area (Å²) in [5.41, 5.74) is 8.07. The van der Waals surface area contributed by atoms with Crippen LogP contribution < -0.4 is 20.5 Å². The van der Waals surface area contributed by atoms with Crippen LogP contribution in [0.25, 0.3) is 0 Å². The van der Waals surface area contributed by atoms with Crippen molar-refractivity contribution in [3.05, 3.63) is 34.3 Å². The Kier molecular flexibility index (Phi) is 3.50. The minimum Gasteiger partial charge on any atom is -0.493 e. The second-order valence-electron chi connectivity index (χ2n) is 4.66. The molecule has 1 aromatic heterocycles. The average molecular weight is 291 g/mol. The highest BCUT2D eigenvalue weighted by Gasteiger charge is 2.26. The average Bonchev–Trinajstić information content (AvgIpc) is 2.86. The van der Waals surface area contributed by atoms with Crippen molar-refractivity contribution < 1.29 is 9.47 Å². The van der Waals surface area contributed by atoms with Crippen molar-refractivity contribution in [2.24, 2.45) is 0 Å². The molecule has 6 heteroatoms. The lowest BCUT2D eigenvalue weighted by Crippen LogP contribution is -2.28. The molecule has 106 valence electrons. The van der Waals surface area contributed by atoms with Crippen LogP contribution in [-0.2, 0) is 6.54 Å². The molecule has 1 aliphatic rings. The molecule has 1 aliphatic heterocycles. The van der Waals surface area contributed by atoms with Gasteiger partial charge >= 0.3 is 0 Å². The van der Waals surface area contributed by atoms with Crippen LogP contribution in [0.5, 0.6) is 11.5 Å². The van der Waals surface area contributed by atoms with Crippen LogP contribution in [-0.4, -0.2) is 25.7 Å². The molecule has 1 aromatic carbocycles. The summed E-state index contributed by atoms with van der Waals surface area (Å²) >= 11 is 1.57. The van der Waals surface area contributed by atoms with E-state index in [4.69, 9.17) is 15.2 Å². The molecule has 0 spiro atoms. The van der Waals surface area contributed by atoms with Gasteiger partial charge in [-0.05, 0) is 17.7 Å². The molecule has 1 atom stereocenters. The molecule has 3 N–H and O–H groups in total. The number of methoxy groups -OCH3 is 2. The monoisotopic (exact) mass is 291 g/mol. The third-order valence-electron chi connectivity index (χ3n) is 3.51. The molecule has 2 heterocycles. The summed E-state index contributed by atoms with van der Waals surface area (Å²) in [6.45, 7) is 1.66. The third-order valence-corrected chi connectivity index (χ3v) is 4.55. The number of fused-ring (bicyclic) bond motifs is 1. The van der Waals surface area contributed by atoms with Gasteiger partial charge in [-0.15, -0.1) is 11.3 Å². The number of thiazole rings is 1. The maximum atomic E-state index is 5.84. The summed E-state index contributed by atoms with van der Waals surface area (Å²) in [5, 5.41) is 4.01. The Morgan fingerprint density at radius 2 is 2.10 bits per heavy atom. The zero-order valence-corrected chi connectivity index (χ0v) is 12.3. The number of nitrogens with zero attached hydrogens (tertiary/aromatic N) is 1. The maximum Gasteiger partial charge on any atom is 0.180 e. The van der Waals surface area contributed by atoms with E-state index < -0.39 is 0 Å². The number of rotatable bonds is 3. The van der Waals surface area contributed by atoms with Crippen molar-refractivity contribution in [3.63, 3.8) is 0 Å². The van der Waals surface area contributed by atoms with E-state index in [1.807, 2.05) is 12.1 Å². The smallest absolute Gasteiger partial charge is 0.180 e. The van der Waals surface area contributed by atoms with Crippen molar-refractivity contribution in [3.8, 4) is 11.5 Å². The molecule has 20 heavy (non-hydrogen) atoms. The quantitative estimate of drug-likeness (QED) is 0.905. The Labute approximate surface area is 121 Å². The van der Waals surface area contributed by atoms with Crippen LogP contribution in [0.2, 0.25) is 0 Å². The number of hydrogen-bond donors (Lipinski definition) is 2. The van der Waals surface area contributed by atoms with E-state index in [1.165, 1.54) is 10.4 Å². The molecule has 2 aromatic rings. The molecular formula is C14H17N3O2S. The number of benzene rings is 1. The number of nitrogen functional groups attached to an aromatic ring is 1. The second-order valence-corrected chi connectivity index (χ2v) is 5.72. The first kappa shape index (κ1) is 13.2. The standard InChI is InChI=1S/C14H17N3O2S/c1-18-11-4-3-8(5-12(11)19-2)9-6-16-7-10-13(9)20-14(15)17-10/h3-5,9,16H,6-7H2,1-2H3,(H2,15,17). The van der Waals surface area contributed by atoms with Gasteiger partial charge in [0.15, 0.2) is 16.6 Å². The van der Waals surface area contributed by atoms with Gasteiger partial charge in [-0.25, -0.2) is 4.98 Å². The normalized spacial score (nSPS) is 17.6. The van der Waals surface area contributed by atoms with E-state index >= 15 is 0 Å². The Balaban J connectivity index is 2.01. The molecule has 5 nitrogen and oxygen atoms in total. The van der Waals surface area contributed by atoms with E-state index in [-0.39, 0.29) is 5.92 Å². The lowest BCUT2D eigenvalue weighted by molar-refractivity contribution is 0.354. The van der Waals surface area contributed by atoms with E-state index in [9.17, 15) is 0 Å².